The first-order valence-electron chi connectivity index (χ1n) is 5.15. The van der Waals surface area contributed by atoms with Gasteiger partial charge in [-0.25, -0.2) is 0 Å². The number of aliphatic hydroxyl groups excluding tert-OH is 1. The second kappa shape index (κ2) is 5.22. The maximum absolute atomic E-state index is 11.0. The third kappa shape index (κ3) is 2.99. The number of aliphatic hydroxyl groups is 1. The number of nitrogens with one attached hydrogen (secondary N) is 1. The van der Waals surface area contributed by atoms with Crippen LogP contribution in [-0.2, 0) is 4.79 Å². The van der Waals surface area contributed by atoms with Crippen LogP contribution in [0.1, 0.15) is 32.6 Å². The molecule has 13 heavy (non-hydrogen) atoms. The Bertz CT molecular complexity index is 170. The van der Waals surface area contributed by atoms with Gasteiger partial charge in [-0.15, -0.1) is 0 Å². The van der Waals surface area contributed by atoms with Gasteiger partial charge >= 0.3 is 0 Å². The van der Waals surface area contributed by atoms with Crippen molar-refractivity contribution >= 4 is 5.91 Å². The molecule has 0 bridgehead atoms. The summed E-state index contributed by atoms with van der Waals surface area (Å²) in [6.45, 7) is 2.87. The zero-order chi connectivity index (χ0) is 9.68. The molecule has 0 saturated heterocycles. The maximum atomic E-state index is 11.0. The molecule has 1 rings (SSSR count). The lowest BCUT2D eigenvalue weighted by Crippen LogP contribution is -2.31. The van der Waals surface area contributed by atoms with Crippen molar-refractivity contribution < 1.29 is 9.90 Å². The number of amides is 1. The van der Waals surface area contributed by atoms with E-state index in [-0.39, 0.29) is 12.5 Å². The van der Waals surface area contributed by atoms with E-state index in [0.29, 0.717) is 18.3 Å². The van der Waals surface area contributed by atoms with Gasteiger partial charge in [-0.1, -0.05) is 13.3 Å². The second-order valence-corrected chi connectivity index (χ2v) is 3.79. The lowest BCUT2D eigenvalue weighted by Gasteiger charge is -2.17. The van der Waals surface area contributed by atoms with Gasteiger partial charge in [0.15, 0.2) is 0 Å². The molecule has 2 unspecified atom stereocenters. The summed E-state index contributed by atoms with van der Waals surface area (Å²) < 4.78 is 0. The third-order valence-corrected chi connectivity index (χ3v) is 2.93. The summed E-state index contributed by atoms with van der Waals surface area (Å²) >= 11 is 0. The van der Waals surface area contributed by atoms with E-state index in [1.165, 1.54) is 6.42 Å². The number of carbonyl (C=O) groups excluding carboxylic acids is 1. The van der Waals surface area contributed by atoms with E-state index in [1.54, 1.807) is 0 Å². The van der Waals surface area contributed by atoms with Gasteiger partial charge in [-0.2, -0.15) is 0 Å². The summed E-state index contributed by atoms with van der Waals surface area (Å²) in [5.41, 5.74) is 0. The summed E-state index contributed by atoms with van der Waals surface area (Å²) in [6, 6.07) is 0. The molecule has 0 heterocycles. The molecule has 76 valence electrons. The lowest BCUT2D eigenvalue weighted by atomic mass is 9.97. The first-order chi connectivity index (χ1) is 6.27. The molecule has 0 radical (unpaired) electrons. The van der Waals surface area contributed by atoms with Crippen LogP contribution in [0.3, 0.4) is 0 Å². The van der Waals surface area contributed by atoms with E-state index in [9.17, 15) is 4.79 Å². The van der Waals surface area contributed by atoms with E-state index in [0.717, 1.165) is 19.4 Å². The van der Waals surface area contributed by atoms with Gasteiger partial charge in [-0.3, -0.25) is 4.79 Å². The van der Waals surface area contributed by atoms with Crippen molar-refractivity contribution in [1.82, 2.24) is 5.32 Å². The van der Waals surface area contributed by atoms with Gasteiger partial charge in [0.1, 0.15) is 0 Å². The van der Waals surface area contributed by atoms with Gasteiger partial charge < -0.3 is 10.4 Å². The van der Waals surface area contributed by atoms with Crippen LogP contribution in [0.2, 0.25) is 0 Å². The molecule has 0 aromatic carbocycles. The van der Waals surface area contributed by atoms with Crippen LogP contribution in [-0.4, -0.2) is 24.2 Å². The van der Waals surface area contributed by atoms with Crippen molar-refractivity contribution in [3.05, 3.63) is 0 Å². The van der Waals surface area contributed by atoms with Gasteiger partial charge in [0.05, 0.1) is 0 Å². The summed E-state index contributed by atoms with van der Waals surface area (Å²) in [4.78, 5) is 11.0. The van der Waals surface area contributed by atoms with Crippen molar-refractivity contribution in [1.29, 1.82) is 0 Å². The molecule has 1 amide bonds. The Morgan fingerprint density at radius 2 is 2.15 bits per heavy atom. The average Bonchev–Trinajstić information content (AvgIpc) is 2.61. The van der Waals surface area contributed by atoms with Crippen LogP contribution in [0.15, 0.2) is 0 Å². The molecule has 1 aliphatic rings. The van der Waals surface area contributed by atoms with Gasteiger partial charge in [-0.05, 0) is 24.7 Å². The van der Waals surface area contributed by atoms with Crippen LogP contribution in [0.4, 0.5) is 0 Å². The summed E-state index contributed by atoms with van der Waals surface area (Å²) in [5.74, 6) is 1.03. The SMILES string of the molecule is CCC(=O)NCC1CCCC1CO. The highest BCUT2D eigenvalue weighted by atomic mass is 16.3. The topological polar surface area (TPSA) is 49.3 Å². The van der Waals surface area contributed by atoms with E-state index in [2.05, 4.69) is 5.32 Å². The quantitative estimate of drug-likeness (QED) is 0.684. The first kappa shape index (κ1) is 10.5. The molecule has 0 aromatic rings. The Kier molecular flexibility index (Phi) is 4.22. The maximum Gasteiger partial charge on any atom is 0.219 e. The van der Waals surface area contributed by atoms with E-state index >= 15 is 0 Å². The second-order valence-electron chi connectivity index (χ2n) is 3.79. The number of hydrogen-bond donors (Lipinski definition) is 2. The number of rotatable bonds is 4. The molecule has 0 aromatic heterocycles. The minimum atomic E-state index is 0.114. The van der Waals surface area contributed by atoms with Crippen LogP contribution >= 0.6 is 0 Å². The molecular formula is C10H19NO2. The molecule has 1 saturated carbocycles. The monoisotopic (exact) mass is 185 g/mol. The Labute approximate surface area is 79.5 Å². The number of hydrogen-bond acceptors (Lipinski definition) is 2. The molecule has 3 heteroatoms. The zero-order valence-electron chi connectivity index (χ0n) is 8.25. The van der Waals surface area contributed by atoms with Gasteiger partial charge in [0.2, 0.25) is 5.91 Å². The summed E-state index contributed by atoms with van der Waals surface area (Å²) in [7, 11) is 0. The molecular weight excluding hydrogens is 166 g/mol. The standard InChI is InChI=1S/C10H19NO2/c1-2-10(13)11-6-8-4-3-5-9(8)7-12/h8-9,12H,2-7H2,1H3,(H,11,13). The Hall–Kier alpha value is -0.570. The first-order valence-corrected chi connectivity index (χ1v) is 5.15. The van der Waals surface area contributed by atoms with E-state index in [4.69, 9.17) is 5.11 Å². The largest absolute Gasteiger partial charge is 0.396 e. The molecule has 0 aliphatic heterocycles. The molecule has 3 nitrogen and oxygen atoms in total. The Morgan fingerprint density at radius 3 is 2.77 bits per heavy atom. The highest BCUT2D eigenvalue weighted by Gasteiger charge is 2.26. The molecule has 1 aliphatic carbocycles. The summed E-state index contributed by atoms with van der Waals surface area (Å²) in [6.07, 6.45) is 4.01. The van der Waals surface area contributed by atoms with Crippen molar-refractivity contribution in [2.75, 3.05) is 13.2 Å². The molecule has 2 N–H and O–H groups in total. The van der Waals surface area contributed by atoms with Crippen molar-refractivity contribution in [3.8, 4) is 0 Å². The fourth-order valence-corrected chi connectivity index (χ4v) is 1.99. The number of carbonyl (C=O) groups is 1. The van der Waals surface area contributed by atoms with Crippen LogP contribution in [0, 0.1) is 11.8 Å². The normalized spacial score (nSPS) is 27.5. The molecule has 1 fully saturated rings. The van der Waals surface area contributed by atoms with Crippen LogP contribution in [0.5, 0.6) is 0 Å². The minimum absolute atomic E-state index is 0.114. The Morgan fingerprint density at radius 1 is 1.46 bits per heavy atom. The summed E-state index contributed by atoms with van der Waals surface area (Å²) in [5, 5.41) is 11.9. The highest BCUT2D eigenvalue weighted by Crippen LogP contribution is 2.30. The smallest absolute Gasteiger partial charge is 0.219 e. The van der Waals surface area contributed by atoms with Gasteiger partial charge in [0.25, 0.3) is 0 Å². The predicted octanol–water partition coefficient (Wildman–Crippen LogP) is 0.921. The zero-order valence-corrected chi connectivity index (χ0v) is 8.25. The molecule has 2 atom stereocenters. The fraction of sp³-hybridized carbons (Fsp3) is 0.900. The van der Waals surface area contributed by atoms with Crippen molar-refractivity contribution in [2.24, 2.45) is 11.8 Å². The predicted molar refractivity (Wildman–Crippen MR) is 51.2 cm³/mol. The average molecular weight is 185 g/mol. The third-order valence-electron chi connectivity index (χ3n) is 2.93. The van der Waals surface area contributed by atoms with E-state index in [1.807, 2.05) is 6.92 Å². The highest BCUT2D eigenvalue weighted by molar-refractivity contribution is 5.75. The lowest BCUT2D eigenvalue weighted by molar-refractivity contribution is -0.121. The molecule has 0 spiro atoms. The Balaban J connectivity index is 2.23. The minimum Gasteiger partial charge on any atom is -0.396 e. The van der Waals surface area contributed by atoms with Crippen LogP contribution in [0.25, 0.3) is 0 Å². The van der Waals surface area contributed by atoms with Crippen molar-refractivity contribution in [3.63, 3.8) is 0 Å². The fourth-order valence-electron chi connectivity index (χ4n) is 1.99. The van der Waals surface area contributed by atoms with Crippen molar-refractivity contribution in [2.45, 2.75) is 32.6 Å². The van der Waals surface area contributed by atoms with Gasteiger partial charge in [0, 0.05) is 19.6 Å². The van der Waals surface area contributed by atoms with Crippen LogP contribution < -0.4 is 5.32 Å². The van der Waals surface area contributed by atoms with E-state index < -0.39 is 0 Å².